The molecule has 1 rings (SSSR count). The molecular formula is C24H44O3P+. The number of unbranched alkanes of at least 4 members (excludes halogenated alkanes) is 10. The summed E-state index contributed by atoms with van der Waals surface area (Å²) in [5.74, 6) is 0.619. The average Bonchev–Trinajstić information content (AvgIpc) is 2.58. The molecule has 4 heteroatoms. The number of rotatable bonds is 14. The topological polar surface area (TPSA) is 49.7 Å². The van der Waals surface area contributed by atoms with Crippen molar-refractivity contribution in [1.82, 2.24) is 0 Å². The van der Waals surface area contributed by atoms with E-state index in [4.69, 9.17) is 4.52 Å². The second-order valence-corrected chi connectivity index (χ2v) is 11.2. The van der Waals surface area contributed by atoms with Crippen LogP contribution in [0.15, 0.2) is 18.2 Å². The van der Waals surface area contributed by atoms with Gasteiger partial charge in [-0.2, -0.15) is 9.79 Å². The Labute approximate surface area is 174 Å². The van der Waals surface area contributed by atoms with Crippen molar-refractivity contribution in [3.05, 3.63) is 29.3 Å². The van der Waals surface area contributed by atoms with Crippen LogP contribution in [0.5, 0.6) is 5.75 Å². The molecule has 0 saturated heterocycles. The number of aryl methyl sites for hydroxylation is 1. The summed E-state index contributed by atoms with van der Waals surface area (Å²) in [6, 6.07) is 6.00. The van der Waals surface area contributed by atoms with Gasteiger partial charge in [-0.3, -0.25) is 4.52 Å². The van der Waals surface area contributed by atoms with Gasteiger partial charge in [0.25, 0.3) is 0 Å². The zero-order chi connectivity index (χ0) is 21.0. The molecule has 0 heterocycles. The molecule has 0 saturated carbocycles. The van der Waals surface area contributed by atoms with E-state index in [0.717, 1.165) is 24.0 Å². The number of hydrogen-bond donors (Lipinski definition) is 2. The van der Waals surface area contributed by atoms with Crippen LogP contribution in [0.3, 0.4) is 0 Å². The summed E-state index contributed by atoms with van der Waals surface area (Å²) in [4.78, 5) is 20.9. The highest BCUT2D eigenvalue weighted by Crippen LogP contribution is 2.53. The molecule has 162 valence electrons. The quantitative estimate of drug-likeness (QED) is 0.243. The highest BCUT2D eigenvalue weighted by atomic mass is 31.2. The third-order valence-corrected chi connectivity index (χ3v) is 6.63. The molecule has 0 atom stereocenters. The Balaban J connectivity index is 2.29. The zero-order valence-corrected chi connectivity index (χ0v) is 19.9. The SMILES string of the molecule is CCCCCCCCCCCCC[P+](O)(O)Oc1cc(C)ccc1C(C)(C)C. The van der Waals surface area contributed by atoms with Crippen molar-refractivity contribution in [2.75, 3.05) is 6.16 Å². The maximum absolute atomic E-state index is 10.4. The Morgan fingerprint density at radius 2 is 1.32 bits per heavy atom. The van der Waals surface area contributed by atoms with Crippen molar-refractivity contribution < 1.29 is 14.3 Å². The van der Waals surface area contributed by atoms with Crippen LogP contribution in [0.1, 0.15) is 109 Å². The van der Waals surface area contributed by atoms with Crippen LogP contribution in [0.4, 0.5) is 0 Å². The van der Waals surface area contributed by atoms with Gasteiger partial charge in [-0.15, -0.1) is 0 Å². The molecule has 0 aliphatic carbocycles. The van der Waals surface area contributed by atoms with Crippen LogP contribution in [0.25, 0.3) is 0 Å². The molecule has 0 radical (unpaired) electrons. The summed E-state index contributed by atoms with van der Waals surface area (Å²) in [6.07, 6.45) is 14.1. The second kappa shape index (κ2) is 12.8. The van der Waals surface area contributed by atoms with Crippen molar-refractivity contribution in [3.8, 4) is 5.75 Å². The predicted molar refractivity (Wildman–Crippen MR) is 123 cm³/mol. The third-order valence-electron chi connectivity index (χ3n) is 5.24. The lowest BCUT2D eigenvalue weighted by molar-refractivity contribution is 0.332. The maximum atomic E-state index is 10.4. The fraction of sp³-hybridized carbons (Fsp3) is 0.750. The normalized spacial score (nSPS) is 12.4. The van der Waals surface area contributed by atoms with Gasteiger partial charge in [-0.1, -0.05) is 97.6 Å². The first-order valence-corrected chi connectivity index (χ1v) is 13.1. The summed E-state index contributed by atoms with van der Waals surface area (Å²) in [5.41, 5.74) is 1.99. The maximum Gasteiger partial charge on any atom is 0.451 e. The number of benzene rings is 1. The highest BCUT2D eigenvalue weighted by Gasteiger charge is 2.38. The molecule has 28 heavy (non-hydrogen) atoms. The molecule has 0 spiro atoms. The van der Waals surface area contributed by atoms with E-state index in [1.807, 2.05) is 25.1 Å². The fourth-order valence-corrected chi connectivity index (χ4v) is 4.70. The molecule has 0 aliphatic rings. The van der Waals surface area contributed by atoms with E-state index in [1.54, 1.807) is 0 Å². The Bertz CT molecular complexity index is 549. The molecule has 0 bridgehead atoms. The Morgan fingerprint density at radius 3 is 1.82 bits per heavy atom. The Kier molecular flexibility index (Phi) is 11.6. The molecule has 2 N–H and O–H groups in total. The monoisotopic (exact) mass is 411 g/mol. The van der Waals surface area contributed by atoms with Crippen molar-refractivity contribution in [2.45, 2.75) is 111 Å². The molecule has 0 aromatic heterocycles. The molecule has 0 unspecified atom stereocenters. The zero-order valence-electron chi connectivity index (χ0n) is 19.0. The van der Waals surface area contributed by atoms with Crippen LogP contribution in [-0.2, 0) is 5.41 Å². The summed E-state index contributed by atoms with van der Waals surface area (Å²) >= 11 is 0. The minimum atomic E-state index is -3.36. The van der Waals surface area contributed by atoms with E-state index in [-0.39, 0.29) is 5.41 Å². The Hall–Kier alpha value is -0.630. The lowest BCUT2D eigenvalue weighted by Gasteiger charge is -2.23. The van der Waals surface area contributed by atoms with Gasteiger partial charge in [0.2, 0.25) is 0 Å². The van der Waals surface area contributed by atoms with Crippen molar-refractivity contribution in [2.24, 2.45) is 0 Å². The summed E-state index contributed by atoms with van der Waals surface area (Å²) in [7, 11) is -3.36. The summed E-state index contributed by atoms with van der Waals surface area (Å²) < 4.78 is 5.75. The largest absolute Gasteiger partial charge is 0.451 e. The van der Waals surface area contributed by atoms with E-state index in [0.29, 0.717) is 11.9 Å². The van der Waals surface area contributed by atoms with Crippen molar-refractivity contribution in [3.63, 3.8) is 0 Å². The third kappa shape index (κ3) is 10.8. The van der Waals surface area contributed by atoms with Gasteiger partial charge in [-0.05, 0) is 36.8 Å². The van der Waals surface area contributed by atoms with Gasteiger partial charge < -0.3 is 0 Å². The fourth-order valence-electron chi connectivity index (χ4n) is 3.51. The van der Waals surface area contributed by atoms with E-state index < -0.39 is 7.94 Å². The van der Waals surface area contributed by atoms with E-state index in [2.05, 4.69) is 27.7 Å². The summed E-state index contributed by atoms with van der Waals surface area (Å²) in [5, 5.41) is 0. The van der Waals surface area contributed by atoms with E-state index in [9.17, 15) is 9.79 Å². The molecule has 0 aliphatic heterocycles. The van der Waals surface area contributed by atoms with Gasteiger partial charge in [0.15, 0.2) is 5.75 Å². The second-order valence-electron chi connectivity index (χ2n) is 9.26. The van der Waals surface area contributed by atoms with E-state index in [1.165, 1.54) is 57.8 Å². The minimum Gasteiger partial charge on any atom is -0.287 e. The van der Waals surface area contributed by atoms with Gasteiger partial charge >= 0.3 is 7.94 Å². The van der Waals surface area contributed by atoms with Crippen LogP contribution < -0.4 is 4.52 Å². The van der Waals surface area contributed by atoms with Crippen LogP contribution in [0, 0.1) is 6.92 Å². The van der Waals surface area contributed by atoms with Gasteiger partial charge in [-0.25, -0.2) is 0 Å². The molecule has 0 amide bonds. The summed E-state index contributed by atoms with van der Waals surface area (Å²) in [6.45, 7) is 10.6. The highest BCUT2D eigenvalue weighted by molar-refractivity contribution is 7.60. The molecule has 3 nitrogen and oxygen atoms in total. The predicted octanol–water partition coefficient (Wildman–Crippen LogP) is 7.73. The van der Waals surface area contributed by atoms with Crippen LogP contribution in [-0.4, -0.2) is 15.9 Å². The van der Waals surface area contributed by atoms with Crippen molar-refractivity contribution in [1.29, 1.82) is 0 Å². The minimum absolute atomic E-state index is 0.0976. The molecular weight excluding hydrogens is 367 g/mol. The van der Waals surface area contributed by atoms with Crippen molar-refractivity contribution >= 4 is 7.94 Å². The first kappa shape index (κ1) is 25.4. The average molecular weight is 412 g/mol. The molecule has 1 aromatic rings. The standard InChI is InChI=1S/C24H44O3P/c1-6-7-8-9-10-11-12-13-14-15-16-19-28(25,26)27-23-20-21(2)17-18-22(23)24(3,4)5/h17-18,20,25-26H,6-16,19H2,1-5H3/q+1. The molecule has 1 aromatic carbocycles. The van der Waals surface area contributed by atoms with Gasteiger partial charge in [0, 0.05) is 5.56 Å². The Morgan fingerprint density at radius 1 is 0.821 bits per heavy atom. The lowest BCUT2D eigenvalue weighted by atomic mass is 9.86. The van der Waals surface area contributed by atoms with Crippen LogP contribution in [0.2, 0.25) is 0 Å². The van der Waals surface area contributed by atoms with E-state index >= 15 is 0 Å². The first-order valence-electron chi connectivity index (χ1n) is 11.3. The smallest absolute Gasteiger partial charge is 0.287 e. The van der Waals surface area contributed by atoms with Crippen LogP contribution >= 0.6 is 7.94 Å². The van der Waals surface area contributed by atoms with Gasteiger partial charge in [0.05, 0.1) is 0 Å². The first-order chi connectivity index (χ1) is 13.2. The number of hydrogen-bond acceptors (Lipinski definition) is 3. The molecule has 0 fully saturated rings. The lowest BCUT2D eigenvalue weighted by Crippen LogP contribution is -2.14. The van der Waals surface area contributed by atoms with Gasteiger partial charge in [0.1, 0.15) is 6.16 Å².